The van der Waals surface area contributed by atoms with Gasteiger partial charge in [-0.1, -0.05) is 6.92 Å². The van der Waals surface area contributed by atoms with Gasteiger partial charge >= 0.3 is 6.09 Å². The van der Waals surface area contributed by atoms with Crippen LogP contribution in [0.1, 0.15) is 18.9 Å². The molecule has 2 aliphatic heterocycles. The molecule has 2 aliphatic rings. The second-order valence-corrected chi connectivity index (χ2v) is 5.95. The summed E-state index contributed by atoms with van der Waals surface area (Å²) in [6.45, 7) is 3.39. The lowest BCUT2D eigenvalue weighted by Gasteiger charge is -2.32. The molecule has 20 heavy (non-hydrogen) atoms. The van der Waals surface area contributed by atoms with Crippen molar-refractivity contribution in [3.05, 3.63) is 23.8 Å². The molecule has 1 aromatic carbocycles. The van der Waals surface area contributed by atoms with E-state index in [-0.39, 0.29) is 5.41 Å². The van der Waals surface area contributed by atoms with Crippen molar-refractivity contribution < 1.29 is 9.53 Å². The van der Waals surface area contributed by atoms with E-state index in [2.05, 4.69) is 36.1 Å². The standard InChI is InChI=1S/C15H21N3O2/c1-15-7-8-17(3)13(15)18(4)12-6-5-10(9-11(12)15)20-14(19)16-2/h5-6,9,13H,7-8H2,1-4H3,(H,16,19)/t13-,15?/m1/s1. The van der Waals surface area contributed by atoms with Crippen LogP contribution in [0.4, 0.5) is 10.5 Å². The zero-order valence-corrected chi connectivity index (χ0v) is 12.4. The van der Waals surface area contributed by atoms with Crippen LogP contribution in [-0.4, -0.2) is 44.8 Å². The van der Waals surface area contributed by atoms with Gasteiger partial charge in [0, 0.05) is 31.7 Å². The Labute approximate surface area is 119 Å². The summed E-state index contributed by atoms with van der Waals surface area (Å²) in [7, 11) is 5.86. The topological polar surface area (TPSA) is 44.8 Å². The molecule has 108 valence electrons. The molecule has 1 saturated heterocycles. The first kappa shape index (κ1) is 13.2. The fourth-order valence-corrected chi connectivity index (χ4v) is 3.78. The molecule has 0 aliphatic carbocycles. The summed E-state index contributed by atoms with van der Waals surface area (Å²) in [4.78, 5) is 16.1. The number of benzene rings is 1. The number of ether oxygens (including phenoxy) is 1. The van der Waals surface area contributed by atoms with E-state index < -0.39 is 6.09 Å². The molecule has 5 nitrogen and oxygen atoms in total. The monoisotopic (exact) mass is 275 g/mol. The third-order valence-corrected chi connectivity index (χ3v) is 4.72. The first-order chi connectivity index (χ1) is 9.47. The van der Waals surface area contributed by atoms with Crippen LogP contribution in [0.2, 0.25) is 0 Å². The molecule has 1 N–H and O–H groups in total. The number of nitrogens with zero attached hydrogens (tertiary/aromatic N) is 2. The van der Waals surface area contributed by atoms with Gasteiger partial charge in [-0.3, -0.25) is 4.90 Å². The zero-order valence-electron chi connectivity index (χ0n) is 12.4. The van der Waals surface area contributed by atoms with Crippen molar-refractivity contribution in [3.8, 4) is 5.75 Å². The fraction of sp³-hybridized carbons (Fsp3) is 0.533. The predicted octanol–water partition coefficient (Wildman–Crippen LogP) is 1.77. The van der Waals surface area contributed by atoms with E-state index in [1.807, 2.05) is 18.2 Å². The second-order valence-electron chi connectivity index (χ2n) is 5.95. The first-order valence-electron chi connectivity index (χ1n) is 6.94. The van der Waals surface area contributed by atoms with Crippen LogP contribution in [0.15, 0.2) is 18.2 Å². The van der Waals surface area contributed by atoms with E-state index in [4.69, 9.17) is 4.74 Å². The Balaban J connectivity index is 2.00. The van der Waals surface area contributed by atoms with Gasteiger partial charge in [0.05, 0.1) is 6.17 Å². The van der Waals surface area contributed by atoms with E-state index in [1.165, 1.54) is 11.3 Å². The number of carbonyl (C=O) groups is 1. The number of hydrogen-bond donors (Lipinski definition) is 1. The zero-order chi connectivity index (χ0) is 14.5. The van der Waals surface area contributed by atoms with Gasteiger partial charge in [0.15, 0.2) is 0 Å². The smallest absolute Gasteiger partial charge is 0.410 e. The maximum atomic E-state index is 11.4. The molecule has 0 aromatic heterocycles. The number of hydrogen-bond acceptors (Lipinski definition) is 4. The number of anilines is 1. The lowest BCUT2D eigenvalue weighted by Crippen LogP contribution is -2.45. The molecule has 0 spiro atoms. The third-order valence-electron chi connectivity index (χ3n) is 4.72. The van der Waals surface area contributed by atoms with Crippen LogP contribution in [-0.2, 0) is 5.41 Å². The molecule has 1 amide bonds. The Kier molecular flexibility index (Phi) is 2.90. The maximum Gasteiger partial charge on any atom is 0.412 e. The highest BCUT2D eigenvalue weighted by Crippen LogP contribution is 2.51. The number of fused-ring (bicyclic) bond motifs is 3. The Morgan fingerprint density at radius 2 is 2.20 bits per heavy atom. The molecular weight excluding hydrogens is 254 g/mol. The Hall–Kier alpha value is -1.75. The highest BCUT2D eigenvalue weighted by molar-refractivity contribution is 5.72. The van der Waals surface area contributed by atoms with Crippen molar-refractivity contribution in [1.82, 2.24) is 10.2 Å². The lowest BCUT2D eigenvalue weighted by atomic mass is 9.81. The Morgan fingerprint density at radius 1 is 1.45 bits per heavy atom. The van der Waals surface area contributed by atoms with E-state index in [9.17, 15) is 4.79 Å². The molecule has 0 saturated carbocycles. The van der Waals surface area contributed by atoms with Crippen LogP contribution in [0.25, 0.3) is 0 Å². The number of likely N-dealkylation sites (N-methyl/N-ethyl adjacent to an activating group) is 2. The maximum absolute atomic E-state index is 11.4. The van der Waals surface area contributed by atoms with Gasteiger partial charge in [-0.15, -0.1) is 0 Å². The first-order valence-corrected chi connectivity index (χ1v) is 6.94. The van der Waals surface area contributed by atoms with Crippen molar-refractivity contribution in [2.24, 2.45) is 0 Å². The number of likely N-dealkylation sites (tertiary alicyclic amines) is 1. The molecular formula is C15H21N3O2. The largest absolute Gasteiger partial charge is 0.412 e. The van der Waals surface area contributed by atoms with E-state index in [1.54, 1.807) is 7.05 Å². The van der Waals surface area contributed by atoms with Crippen molar-refractivity contribution in [1.29, 1.82) is 0 Å². The van der Waals surface area contributed by atoms with E-state index >= 15 is 0 Å². The average molecular weight is 275 g/mol. The van der Waals surface area contributed by atoms with Crippen LogP contribution in [0.3, 0.4) is 0 Å². The van der Waals surface area contributed by atoms with E-state index in [0.29, 0.717) is 11.9 Å². The summed E-state index contributed by atoms with van der Waals surface area (Å²) in [5, 5.41) is 2.47. The number of nitrogens with one attached hydrogen (secondary N) is 1. The number of amides is 1. The van der Waals surface area contributed by atoms with Gasteiger partial charge in [-0.05, 0) is 37.2 Å². The minimum Gasteiger partial charge on any atom is -0.410 e. The summed E-state index contributed by atoms with van der Waals surface area (Å²) in [6.07, 6.45) is 1.07. The number of rotatable bonds is 1. The Morgan fingerprint density at radius 3 is 2.90 bits per heavy atom. The van der Waals surface area contributed by atoms with Gasteiger partial charge < -0.3 is 15.0 Å². The molecule has 2 heterocycles. The third kappa shape index (κ3) is 1.69. The molecule has 5 heteroatoms. The van der Waals surface area contributed by atoms with Crippen LogP contribution < -0.4 is 15.0 Å². The van der Waals surface area contributed by atoms with Crippen LogP contribution >= 0.6 is 0 Å². The summed E-state index contributed by atoms with van der Waals surface area (Å²) in [5.74, 6) is 0.605. The summed E-state index contributed by atoms with van der Waals surface area (Å²) >= 11 is 0. The van der Waals surface area contributed by atoms with Crippen LogP contribution in [0.5, 0.6) is 5.75 Å². The summed E-state index contributed by atoms with van der Waals surface area (Å²) in [5.41, 5.74) is 2.60. The lowest BCUT2D eigenvalue weighted by molar-refractivity contribution is 0.203. The Bertz CT molecular complexity index is 560. The van der Waals surface area contributed by atoms with Gasteiger partial charge in [0.1, 0.15) is 5.75 Å². The quantitative estimate of drug-likeness (QED) is 0.848. The number of carbonyl (C=O) groups excluding carboxylic acids is 1. The molecule has 1 unspecified atom stereocenters. The molecule has 1 fully saturated rings. The minimum atomic E-state index is -0.429. The molecule has 0 bridgehead atoms. The van der Waals surface area contributed by atoms with Gasteiger partial charge in [-0.2, -0.15) is 0 Å². The van der Waals surface area contributed by atoms with Gasteiger partial charge in [0.2, 0.25) is 0 Å². The second kappa shape index (κ2) is 4.38. The van der Waals surface area contributed by atoms with Gasteiger partial charge in [-0.25, -0.2) is 4.79 Å². The van der Waals surface area contributed by atoms with Gasteiger partial charge in [0.25, 0.3) is 0 Å². The molecule has 2 atom stereocenters. The average Bonchev–Trinajstić information content (AvgIpc) is 2.85. The fourth-order valence-electron chi connectivity index (χ4n) is 3.78. The van der Waals surface area contributed by atoms with Crippen molar-refractivity contribution in [2.45, 2.75) is 24.9 Å². The summed E-state index contributed by atoms with van der Waals surface area (Å²) in [6, 6.07) is 5.92. The molecule has 1 aromatic rings. The highest BCUT2D eigenvalue weighted by Gasteiger charge is 2.52. The van der Waals surface area contributed by atoms with Crippen molar-refractivity contribution >= 4 is 11.8 Å². The predicted molar refractivity (Wildman–Crippen MR) is 78.3 cm³/mol. The van der Waals surface area contributed by atoms with Crippen molar-refractivity contribution in [2.75, 3.05) is 32.6 Å². The highest BCUT2D eigenvalue weighted by atomic mass is 16.5. The molecule has 3 rings (SSSR count). The van der Waals surface area contributed by atoms with Crippen LogP contribution in [0, 0.1) is 0 Å². The minimum absolute atomic E-state index is 0.0981. The SMILES string of the molecule is CNC(=O)Oc1ccc2c(c1)C1(C)CCN(C)[C@@H]1N2C. The normalized spacial score (nSPS) is 28.2. The molecule has 0 radical (unpaired) electrons. The summed E-state index contributed by atoms with van der Waals surface area (Å²) < 4.78 is 5.26. The van der Waals surface area contributed by atoms with E-state index in [0.717, 1.165) is 13.0 Å². The van der Waals surface area contributed by atoms with Crippen molar-refractivity contribution in [3.63, 3.8) is 0 Å².